The van der Waals surface area contributed by atoms with E-state index in [0.717, 1.165) is 12.1 Å². The highest BCUT2D eigenvalue weighted by Gasteiger charge is 2.31. The second kappa shape index (κ2) is 6.05. The third kappa shape index (κ3) is 3.63. The standard InChI is InChI=1S/C14H14F3N3OS/c1-7-12(22-8(2)19-7)13(21)20-11-4-9(6-18)3-10(5-11)14(15,16)17/h3-5H,6,18H2,1-2H3,(H,20,21). The van der Waals surface area contributed by atoms with E-state index in [1.54, 1.807) is 13.8 Å². The van der Waals surface area contributed by atoms with Gasteiger partial charge in [0.15, 0.2) is 0 Å². The Hall–Kier alpha value is -1.93. The Balaban J connectivity index is 2.33. The van der Waals surface area contributed by atoms with E-state index in [-0.39, 0.29) is 12.2 Å². The van der Waals surface area contributed by atoms with Crippen LogP contribution in [0.15, 0.2) is 18.2 Å². The minimum atomic E-state index is -4.50. The maximum atomic E-state index is 12.9. The minimum absolute atomic E-state index is 0.0501. The zero-order valence-electron chi connectivity index (χ0n) is 11.9. The van der Waals surface area contributed by atoms with Crippen molar-refractivity contribution in [2.24, 2.45) is 5.73 Å². The fraction of sp³-hybridized carbons (Fsp3) is 0.286. The fourth-order valence-corrected chi connectivity index (χ4v) is 2.79. The summed E-state index contributed by atoms with van der Waals surface area (Å²) in [6.45, 7) is 3.38. The van der Waals surface area contributed by atoms with Crippen LogP contribution in [0.2, 0.25) is 0 Å². The van der Waals surface area contributed by atoms with Gasteiger partial charge in [-0.3, -0.25) is 4.79 Å². The molecule has 0 atom stereocenters. The molecule has 0 aliphatic rings. The topological polar surface area (TPSA) is 68.0 Å². The van der Waals surface area contributed by atoms with Crippen molar-refractivity contribution in [1.29, 1.82) is 0 Å². The Morgan fingerprint density at radius 3 is 2.50 bits per heavy atom. The van der Waals surface area contributed by atoms with Crippen molar-refractivity contribution in [3.05, 3.63) is 44.9 Å². The SMILES string of the molecule is Cc1nc(C)c(C(=O)Nc2cc(CN)cc(C(F)(F)F)c2)s1. The zero-order chi connectivity index (χ0) is 16.5. The van der Waals surface area contributed by atoms with E-state index in [0.29, 0.717) is 21.1 Å². The second-order valence-electron chi connectivity index (χ2n) is 4.72. The lowest BCUT2D eigenvalue weighted by atomic mass is 10.1. The van der Waals surface area contributed by atoms with E-state index in [4.69, 9.17) is 5.73 Å². The van der Waals surface area contributed by atoms with Crippen molar-refractivity contribution < 1.29 is 18.0 Å². The molecule has 0 saturated carbocycles. The van der Waals surface area contributed by atoms with E-state index >= 15 is 0 Å². The molecule has 4 nitrogen and oxygen atoms in total. The number of nitrogens with two attached hydrogens (primary N) is 1. The number of benzene rings is 1. The van der Waals surface area contributed by atoms with Crippen LogP contribution < -0.4 is 11.1 Å². The molecule has 1 amide bonds. The number of nitrogens with one attached hydrogen (secondary N) is 1. The molecule has 0 saturated heterocycles. The summed E-state index contributed by atoms with van der Waals surface area (Å²) in [6.07, 6.45) is -4.50. The van der Waals surface area contributed by atoms with Gasteiger partial charge in [-0.25, -0.2) is 4.98 Å². The molecule has 118 valence electrons. The quantitative estimate of drug-likeness (QED) is 0.906. The Bertz CT molecular complexity index is 710. The summed E-state index contributed by atoms with van der Waals surface area (Å²) in [4.78, 5) is 16.7. The number of rotatable bonds is 3. The molecule has 0 radical (unpaired) electrons. The Labute approximate surface area is 129 Å². The molecule has 1 aromatic carbocycles. The maximum absolute atomic E-state index is 12.9. The number of carbonyl (C=O) groups is 1. The average Bonchev–Trinajstić information content (AvgIpc) is 2.76. The van der Waals surface area contributed by atoms with Gasteiger partial charge in [0.2, 0.25) is 0 Å². The number of aromatic nitrogens is 1. The van der Waals surface area contributed by atoms with Crippen LogP contribution in [0.5, 0.6) is 0 Å². The molecule has 0 bridgehead atoms. The number of hydrogen-bond acceptors (Lipinski definition) is 4. The van der Waals surface area contributed by atoms with Gasteiger partial charge in [-0.15, -0.1) is 11.3 Å². The molecule has 0 unspecified atom stereocenters. The lowest BCUT2D eigenvalue weighted by Crippen LogP contribution is -2.14. The first-order valence-corrected chi connectivity index (χ1v) is 7.19. The summed E-state index contributed by atoms with van der Waals surface area (Å²) < 4.78 is 38.6. The molecule has 0 fully saturated rings. The zero-order valence-corrected chi connectivity index (χ0v) is 12.7. The van der Waals surface area contributed by atoms with Gasteiger partial charge in [0.05, 0.1) is 16.3 Å². The van der Waals surface area contributed by atoms with Gasteiger partial charge >= 0.3 is 6.18 Å². The van der Waals surface area contributed by atoms with Crippen LogP contribution in [0.3, 0.4) is 0 Å². The van der Waals surface area contributed by atoms with E-state index in [1.165, 1.54) is 17.4 Å². The number of hydrogen-bond donors (Lipinski definition) is 2. The van der Waals surface area contributed by atoms with Gasteiger partial charge in [0.1, 0.15) is 4.88 Å². The van der Waals surface area contributed by atoms with Crippen molar-refractivity contribution in [2.45, 2.75) is 26.6 Å². The fourth-order valence-electron chi connectivity index (χ4n) is 1.98. The van der Waals surface area contributed by atoms with Crippen LogP contribution in [0.4, 0.5) is 18.9 Å². The summed E-state index contributed by atoms with van der Waals surface area (Å²) in [5.74, 6) is -0.481. The third-order valence-corrected chi connectivity index (χ3v) is 4.00. The van der Waals surface area contributed by atoms with Gasteiger partial charge < -0.3 is 11.1 Å². The van der Waals surface area contributed by atoms with Gasteiger partial charge in [-0.2, -0.15) is 13.2 Å². The molecule has 2 rings (SSSR count). The Kier molecular flexibility index (Phi) is 4.52. The average molecular weight is 329 g/mol. The minimum Gasteiger partial charge on any atom is -0.326 e. The first-order valence-electron chi connectivity index (χ1n) is 6.37. The third-order valence-electron chi connectivity index (χ3n) is 2.92. The highest BCUT2D eigenvalue weighted by molar-refractivity contribution is 7.13. The molecule has 3 N–H and O–H groups in total. The van der Waals surface area contributed by atoms with Crippen LogP contribution in [0.25, 0.3) is 0 Å². The second-order valence-corrected chi connectivity index (χ2v) is 5.93. The molecule has 1 heterocycles. The molecule has 0 spiro atoms. The van der Waals surface area contributed by atoms with Gasteiger partial charge in [0.25, 0.3) is 5.91 Å². The highest BCUT2D eigenvalue weighted by Crippen LogP contribution is 2.32. The van der Waals surface area contributed by atoms with Crippen molar-refractivity contribution in [3.8, 4) is 0 Å². The predicted octanol–water partition coefficient (Wildman–Crippen LogP) is 3.49. The van der Waals surface area contributed by atoms with E-state index in [1.807, 2.05) is 0 Å². The summed E-state index contributed by atoms with van der Waals surface area (Å²) in [5, 5.41) is 3.19. The highest BCUT2D eigenvalue weighted by atomic mass is 32.1. The van der Waals surface area contributed by atoms with Crippen molar-refractivity contribution >= 4 is 22.9 Å². The summed E-state index contributed by atoms with van der Waals surface area (Å²) in [7, 11) is 0. The van der Waals surface area contributed by atoms with Crippen molar-refractivity contribution in [3.63, 3.8) is 0 Å². The van der Waals surface area contributed by atoms with Gasteiger partial charge in [0, 0.05) is 12.2 Å². The Morgan fingerprint density at radius 1 is 1.32 bits per heavy atom. The lowest BCUT2D eigenvalue weighted by Gasteiger charge is -2.12. The number of aryl methyl sites for hydroxylation is 2. The lowest BCUT2D eigenvalue weighted by molar-refractivity contribution is -0.137. The Morgan fingerprint density at radius 2 is 2.00 bits per heavy atom. The number of halogens is 3. The van der Waals surface area contributed by atoms with Crippen LogP contribution in [-0.2, 0) is 12.7 Å². The molecule has 8 heteroatoms. The number of nitrogens with zero attached hydrogens (tertiary/aromatic N) is 1. The summed E-state index contributed by atoms with van der Waals surface area (Å²) in [6, 6.07) is 3.29. The van der Waals surface area contributed by atoms with Gasteiger partial charge in [-0.1, -0.05) is 0 Å². The number of thiazole rings is 1. The largest absolute Gasteiger partial charge is 0.416 e. The predicted molar refractivity (Wildman–Crippen MR) is 78.9 cm³/mol. The molecule has 1 aromatic heterocycles. The first-order chi connectivity index (χ1) is 10.2. The van der Waals surface area contributed by atoms with E-state index in [2.05, 4.69) is 10.3 Å². The first kappa shape index (κ1) is 16.4. The summed E-state index contributed by atoms with van der Waals surface area (Å²) in [5.41, 5.74) is 5.47. The molecule has 0 aliphatic heterocycles. The molecular formula is C14H14F3N3OS. The molecular weight excluding hydrogens is 315 g/mol. The molecule has 22 heavy (non-hydrogen) atoms. The number of carbonyl (C=O) groups excluding carboxylic acids is 1. The molecule has 0 aliphatic carbocycles. The van der Waals surface area contributed by atoms with Crippen molar-refractivity contribution in [1.82, 2.24) is 4.98 Å². The molecule has 2 aromatic rings. The van der Waals surface area contributed by atoms with Crippen LogP contribution >= 0.6 is 11.3 Å². The van der Waals surface area contributed by atoms with Gasteiger partial charge in [-0.05, 0) is 37.6 Å². The van der Waals surface area contributed by atoms with Crippen LogP contribution in [0, 0.1) is 13.8 Å². The van der Waals surface area contributed by atoms with E-state index < -0.39 is 17.6 Å². The van der Waals surface area contributed by atoms with Crippen LogP contribution in [0.1, 0.15) is 31.5 Å². The number of alkyl halides is 3. The smallest absolute Gasteiger partial charge is 0.326 e. The maximum Gasteiger partial charge on any atom is 0.416 e. The van der Waals surface area contributed by atoms with Crippen LogP contribution in [-0.4, -0.2) is 10.9 Å². The summed E-state index contributed by atoms with van der Waals surface area (Å²) >= 11 is 1.19. The normalized spacial score (nSPS) is 11.5. The number of amides is 1. The van der Waals surface area contributed by atoms with Crippen molar-refractivity contribution in [2.75, 3.05) is 5.32 Å². The number of anilines is 1. The monoisotopic (exact) mass is 329 g/mol. The van der Waals surface area contributed by atoms with E-state index in [9.17, 15) is 18.0 Å².